The lowest BCUT2D eigenvalue weighted by molar-refractivity contribution is -0.106. The molecule has 0 aliphatic carbocycles. The van der Waals surface area contributed by atoms with Crippen molar-refractivity contribution in [3.05, 3.63) is 11.5 Å². The smallest absolute Gasteiger partial charge is 0.170 e. The minimum absolute atomic E-state index is 0.109. The Labute approximate surface area is 71.5 Å². The summed E-state index contributed by atoms with van der Waals surface area (Å²) in [6, 6.07) is 0. The average Bonchev–Trinajstić information content (AvgIpc) is 2.52. The Morgan fingerprint density at radius 2 is 2.27 bits per heavy atom. The van der Waals surface area contributed by atoms with Crippen LogP contribution in [0.15, 0.2) is 11.5 Å². The van der Waals surface area contributed by atoms with Crippen LogP contribution in [-0.4, -0.2) is 37.9 Å². The molecule has 64 valence electrons. The lowest BCUT2D eigenvalue weighted by Gasteiger charge is -2.19. The van der Waals surface area contributed by atoms with Gasteiger partial charge in [0.1, 0.15) is 0 Å². The summed E-state index contributed by atoms with van der Waals surface area (Å²) < 4.78 is 12.3. The second-order valence-electron chi connectivity index (χ2n) is 2.23. The number of hydrogen-bond donors (Lipinski definition) is 0. The zero-order chi connectivity index (χ0) is 8.10. The van der Waals surface area contributed by atoms with Crippen LogP contribution >= 0.6 is 11.9 Å². The molecule has 1 aliphatic rings. The van der Waals surface area contributed by atoms with Gasteiger partial charge >= 0.3 is 0 Å². The van der Waals surface area contributed by atoms with Crippen molar-refractivity contribution in [2.45, 2.75) is 6.29 Å². The second kappa shape index (κ2) is 4.77. The molecule has 0 spiro atoms. The number of ether oxygens (including phenoxy) is 2. The van der Waals surface area contributed by atoms with Crippen LogP contribution in [-0.2, 0) is 9.47 Å². The van der Waals surface area contributed by atoms with Gasteiger partial charge < -0.3 is 9.47 Å². The van der Waals surface area contributed by atoms with E-state index in [1.165, 1.54) is 0 Å². The van der Waals surface area contributed by atoms with Gasteiger partial charge in [-0.25, -0.2) is 4.31 Å². The Bertz CT molecular complexity index is 128. The maximum absolute atomic E-state index is 5.06. The Hall–Kier alpha value is -0.0300. The summed E-state index contributed by atoms with van der Waals surface area (Å²) in [5, 5.41) is 2.07. The van der Waals surface area contributed by atoms with Crippen molar-refractivity contribution in [3.63, 3.8) is 0 Å². The summed E-state index contributed by atoms with van der Waals surface area (Å²) in [5.74, 6) is 0. The first-order chi connectivity index (χ1) is 5.36. The number of rotatable bonds is 4. The Morgan fingerprint density at radius 3 is 2.73 bits per heavy atom. The van der Waals surface area contributed by atoms with Gasteiger partial charge in [0.2, 0.25) is 0 Å². The fourth-order valence-electron chi connectivity index (χ4n) is 0.862. The number of nitrogens with zero attached hydrogens (tertiary/aromatic N) is 1. The van der Waals surface area contributed by atoms with Gasteiger partial charge in [0.05, 0.1) is 6.54 Å². The van der Waals surface area contributed by atoms with Crippen molar-refractivity contribution in [2.75, 3.05) is 27.3 Å². The molecule has 1 aliphatic heterocycles. The SMILES string of the molecule is COC(CN1CC=CS1)OC. The van der Waals surface area contributed by atoms with Gasteiger partial charge in [-0.3, -0.25) is 0 Å². The van der Waals surface area contributed by atoms with E-state index >= 15 is 0 Å². The Kier molecular flexibility index (Phi) is 3.93. The molecule has 0 unspecified atom stereocenters. The first kappa shape index (κ1) is 9.06. The molecule has 0 N–H and O–H groups in total. The standard InChI is InChI=1S/C7H13NO2S/c1-9-7(10-2)6-8-4-3-5-11-8/h3,5,7H,4,6H2,1-2H3. The van der Waals surface area contributed by atoms with Gasteiger partial charge in [0, 0.05) is 20.8 Å². The normalized spacial score (nSPS) is 18.5. The fraction of sp³-hybridized carbons (Fsp3) is 0.714. The van der Waals surface area contributed by atoms with Crippen LogP contribution in [0, 0.1) is 0 Å². The summed E-state index contributed by atoms with van der Waals surface area (Å²) >= 11 is 1.69. The molecule has 0 amide bonds. The summed E-state index contributed by atoms with van der Waals surface area (Å²) in [6.45, 7) is 1.79. The van der Waals surface area contributed by atoms with Crippen LogP contribution in [0.4, 0.5) is 0 Å². The zero-order valence-corrected chi connectivity index (χ0v) is 7.63. The third-order valence-electron chi connectivity index (χ3n) is 1.49. The minimum atomic E-state index is -0.109. The molecule has 1 rings (SSSR count). The van der Waals surface area contributed by atoms with E-state index in [4.69, 9.17) is 9.47 Å². The molecule has 0 bridgehead atoms. The van der Waals surface area contributed by atoms with E-state index in [9.17, 15) is 0 Å². The molecule has 0 atom stereocenters. The van der Waals surface area contributed by atoms with Crippen molar-refractivity contribution in [3.8, 4) is 0 Å². The highest BCUT2D eigenvalue weighted by atomic mass is 32.2. The summed E-state index contributed by atoms with van der Waals surface area (Å²) in [6.07, 6.45) is 2.01. The lowest BCUT2D eigenvalue weighted by Crippen LogP contribution is -2.28. The predicted molar refractivity (Wildman–Crippen MR) is 46.1 cm³/mol. The maximum Gasteiger partial charge on any atom is 0.170 e. The first-order valence-electron chi connectivity index (χ1n) is 3.49. The summed E-state index contributed by atoms with van der Waals surface area (Å²) in [5.41, 5.74) is 0. The maximum atomic E-state index is 5.06. The molecule has 0 saturated heterocycles. The van der Waals surface area contributed by atoms with Crippen molar-refractivity contribution in [1.29, 1.82) is 0 Å². The van der Waals surface area contributed by atoms with Gasteiger partial charge in [-0.05, 0) is 5.41 Å². The zero-order valence-electron chi connectivity index (χ0n) is 6.82. The second-order valence-corrected chi connectivity index (χ2v) is 3.22. The van der Waals surface area contributed by atoms with E-state index in [1.807, 2.05) is 0 Å². The highest BCUT2D eigenvalue weighted by Crippen LogP contribution is 2.18. The molecular formula is C7H13NO2S. The topological polar surface area (TPSA) is 21.7 Å². The quantitative estimate of drug-likeness (QED) is 0.471. The van der Waals surface area contributed by atoms with Crippen molar-refractivity contribution in [1.82, 2.24) is 4.31 Å². The van der Waals surface area contributed by atoms with Crippen LogP contribution in [0.5, 0.6) is 0 Å². The molecule has 1 heterocycles. The molecule has 0 aromatic carbocycles. The van der Waals surface area contributed by atoms with E-state index in [1.54, 1.807) is 26.2 Å². The Morgan fingerprint density at radius 1 is 1.55 bits per heavy atom. The molecule has 11 heavy (non-hydrogen) atoms. The minimum Gasteiger partial charge on any atom is -0.355 e. The van der Waals surface area contributed by atoms with E-state index in [0.29, 0.717) is 0 Å². The molecule has 4 heteroatoms. The lowest BCUT2D eigenvalue weighted by atomic mass is 10.5. The van der Waals surface area contributed by atoms with Crippen LogP contribution in [0.2, 0.25) is 0 Å². The average molecular weight is 175 g/mol. The largest absolute Gasteiger partial charge is 0.355 e. The van der Waals surface area contributed by atoms with Crippen LogP contribution in [0.25, 0.3) is 0 Å². The van der Waals surface area contributed by atoms with E-state index < -0.39 is 0 Å². The van der Waals surface area contributed by atoms with Gasteiger partial charge in [0.15, 0.2) is 6.29 Å². The Balaban J connectivity index is 2.17. The van der Waals surface area contributed by atoms with E-state index in [2.05, 4.69) is 15.8 Å². The van der Waals surface area contributed by atoms with Gasteiger partial charge in [-0.15, -0.1) is 0 Å². The molecular weight excluding hydrogens is 162 g/mol. The monoisotopic (exact) mass is 175 g/mol. The third-order valence-corrected chi connectivity index (χ3v) is 2.40. The van der Waals surface area contributed by atoms with Crippen LogP contribution in [0.1, 0.15) is 0 Å². The first-order valence-corrected chi connectivity index (χ1v) is 4.33. The van der Waals surface area contributed by atoms with Crippen molar-refractivity contribution < 1.29 is 9.47 Å². The highest BCUT2D eigenvalue weighted by Gasteiger charge is 2.13. The van der Waals surface area contributed by atoms with E-state index in [0.717, 1.165) is 13.1 Å². The van der Waals surface area contributed by atoms with Crippen molar-refractivity contribution in [2.24, 2.45) is 0 Å². The van der Waals surface area contributed by atoms with Gasteiger partial charge in [0.25, 0.3) is 0 Å². The highest BCUT2D eigenvalue weighted by molar-refractivity contribution is 8.00. The van der Waals surface area contributed by atoms with Gasteiger partial charge in [-0.1, -0.05) is 18.0 Å². The molecule has 0 aromatic heterocycles. The fourth-order valence-corrected chi connectivity index (χ4v) is 1.59. The van der Waals surface area contributed by atoms with Gasteiger partial charge in [-0.2, -0.15) is 0 Å². The summed E-state index contributed by atoms with van der Waals surface area (Å²) in [7, 11) is 3.31. The molecule has 0 saturated carbocycles. The van der Waals surface area contributed by atoms with E-state index in [-0.39, 0.29) is 6.29 Å². The number of methoxy groups -OCH3 is 2. The van der Waals surface area contributed by atoms with Crippen molar-refractivity contribution >= 4 is 11.9 Å². The van der Waals surface area contributed by atoms with Crippen LogP contribution < -0.4 is 0 Å². The summed E-state index contributed by atoms with van der Waals surface area (Å²) in [4.78, 5) is 0. The molecule has 0 fully saturated rings. The third kappa shape index (κ3) is 2.83. The molecule has 3 nitrogen and oxygen atoms in total. The van der Waals surface area contributed by atoms with Crippen LogP contribution in [0.3, 0.4) is 0 Å². The number of hydrogen-bond acceptors (Lipinski definition) is 4. The molecule has 0 aromatic rings. The predicted octanol–water partition coefficient (Wildman–Crippen LogP) is 1.08. The molecule has 0 radical (unpaired) electrons.